The first-order valence-corrected chi connectivity index (χ1v) is 10.4. The molecule has 144 valence electrons. The lowest BCUT2D eigenvalue weighted by Gasteiger charge is -2.14. The van der Waals surface area contributed by atoms with E-state index in [1.54, 1.807) is 12.1 Å². The quantitative estimate of drug-likeness (QED) is 0.254. The molecule has 0 N–H and O–H groups in total. The topological polar surface area (TPSA) is 31.4 Å². The third-order valence-electron chi connectivity index (χ3n) is 4.06. The molecule has 0 atom stereocenters. The van der Waals surface area contributed by atoms with Crippen LogP contribution in [0, 0.1) is 0 Å². The molecule has 0 unspecified atom stereocenters. The van der Waals surface area contributed by atoms with Gasteiger partial charge in [0, 0.05) is 17.7 Å². The van der Waals surface area contributed by atoms with E-state index in [1.165, 1.54) is 58.5 Å². The number of pyridine rings is 1. The summed E-state index contributed by atoms with van der Waals surface area (Å²) in [7, 11) is 1.52. The van der Waals surface area contributed by atoms with Crippen molar-refractivity contribution in [2.45, 2.75) is 74.9 Å². The minimum absolute atomic E-state index is 0.377. The summed E-state index contributed by atoms with van der Waals surface area (Å²) in [6.07, 6.45) is 12.9. The van der Waals surface area contributed by atoms with E-state index >= 15 is 0 Å². The lowest BCUT2D eigenvalue weighted by Crippen LogP contribution is -2.05. The third-order valence-corrected chi connectivity index (χ3v) is 4.72. The van der Waals surface area contributed by atoms with Crippen molar-refractivity contribution in [1.82, 2.24) is 4.98 Å². The Morgan fingerprint density at radius 2 is 1.36 bits per heavy atom. The van der Waals surface area contributed by atoms with Crippen LogP contribution >= 0.6 is 34.8 Å². The van der Waals surface area contributed by atoms with Crippen LogP contribution in [0.4, 0.5) is 0 Å². The van der Waals surface area contributed by atoms with Crippen molar-refractivity contribution in [2.75, 3.05) is 13.7 Å². The van der Waals surface area contributed by atoms with Crippen LogP contribution in [0.1, 0.15) is 76.7 Å². The van der Waals surface area contributed by atoms with Crippen LogP contribution in [0.25, 0.3) is 0 Å². The molecule has 1 aromatic rings. The summed E-state index contributed by atoms with van der Waals surface area (Å²) in [5.41, 5.74) is 0.488. The molecule has 0 aliphatic carbocycles. The highest BCUT2D eigenvalue weighted by Crippen LogP contribution is 2.40. The van der Waals surface area contributed by atoms with Gasteiger partial charge in [0.1, 0.15) is 0 Å². The van der Waals surface area contributed by atoms with Crippen LogP contribution in [0.15, 0.2) is 12.1 Å². The Labute approximate surface area is 167 Å². The van der Waals surface area contributed by atoms with Crippen molar-refractivity contribution in [1.29, 1.82) is 0 Å². The van der Waals surface area contributed by atoms with Crippen molar-refractivity contribution < 1.29 is 9.47 Å². The van der Waals surface area contributed by atoms with E-state index in [0.717, 1.165) is 12.8 Å². The molecule has 0 aliphatic heterocycles. The molecule has 3 nitrogen and oxygen atoms in total. The number of hydrogen-bond donors (Lipinski definition) is 0. The molecule has 0 fully saturated rings. The Hall–Kier alpha value is -0.380. The van der Waals surface area contributed by atoms with Crippen LogP contribution < -0.4 is 9.47 Å². The number of halogens is 3. The van der Waals surface area contributed by atoms with Gasteiger partial charge in [-0.25, -0.2) is 0 Å². The van der Waals surface area contributed by atoms with E-state index in [4.69, 9.17) is 44.3 Å². The second-order valence-electron chi connectivity index (χ2n) is 6.26. The average Bonchev–Trinajstić information content (AvgIpc) is 2.58. The molecule has 1 rings (SSSR count). The average molecular weight is 411 g/mol. The second kappa shape index (κ2) is 12.9. The minimum atomic E-state index is -1.52. The SMILES string of the molecule is CCCCCCCCCCCCOc1cc(C(Cl)(Cl)Cl)cc(OC)n1. The summed E-state index contributed by atoms with van der Waals surface area (Å²) < 4.78 is 9.30. The number of ether oxygens (including phenoxy) is 2. The Balaban J connectivity index is 2.19. The zero-order valence-corrected chi connectivity index (χ0v) is 17.6. The summed E-state index contributed by atoms with van der Waals surface area (Å²) >= 11 is 17.8. The van der Waals surface area contributed by atoms with Gasteiger partial charge in [-0.2, -0.15) is 4.98 Å². The minimum Gasteiger partial charge on any atom is -0.481 e. The molecule has 0 aliphatic rings. The number of aromatic nitrogens is 1. The largest absolute Gasteiger partial charge is 0.481 e. The standard InChI is InChI=1S/C19H30Cl3NO2/c1-3-4-5-6-7-8-9-10-11-12-13-25-18-15-16(19(20,21)22)14-17(23-18)24-2/h14-15H,3-13H2,1-2H3. The maximum Gasteiger partial charge on any atom is 0.216 e. The summed E-state index contributed by atoms with van der Waals surface area (Å²) in [6, 6.07) is 3.24. The van der Waals surface area contributed by atoms with E-state index in [0.29, 0.717) is 23.9 Å². The molecule has 0 amide bonds. The van der Waals surface area contributed by atoms with Gasteiger partial charge in [0.15, 0.2) is 0 Å². The van der Waals surface area contributed by atoms with Crippen LogP contribution in [-0.2, 0) is 3.79 Å². The Morgan fingerprint density at radius 1 is 0.840 bits per heavy atom. The van der Waals surface area contributed by atoms with Gasteiger partial charge in [-0.3, -0.25) is 0 Å². The highest BCUT2D eigenvalue weighted by atomic mass is 35.6. The van der Waals surface area contributed by atoms with E-state index in [2.05, 4.69) is 11.9 Å². The normalized spacial score (nSPS) is 11.6. The van der Waals surface area contributed by atoms with E-state index in [-0.39, 0.29) is 0 Å². The lowest BCUT2D eigenvalue weighted by molar-refractivity contribution is 0.286. The summed E-state index contributed by atoms with van der Waals surface area (Å²) in [4.78, 5) is 4.23. The first-order valence-electron chi connectivity index (χ1n) is 9.23. The highest BCUT2D eigenvalue weighted by molar-refractivity contribution is 6.66. The molecule has 0 radical (unpaired) electrons. The van der Waals surface area contributed by atoms with Crippen LogP contribution in [0.2, 0.25) is 0 Å². The van der Waals surface area contributed by atoms with Crippen molar-refractivity contribution in [2.24, 2.45) is 0 Å². The van der Waals surface area contributed by atoms with Gasteiger partial charge < -0.3 is 9.47 Å². The van der Waals surface area contributed by atoms with Crippen LogP contribution in [-0.4, -0.2) is 18.7 Å². The van der Waals surface area contributed by atoms with Crippen molar-refractivity contribution in [3.8, 4) is 11.8 Å². The zero-order chi connectivity index (χ0) is 18.5. The third kappa shape index (κ3) is 10.4. The van der Waals surface area contributed by atoms with Gasteiger partial charge in [0.25, 0.3) is 0 Å². The Morgan fingerprint density at radius 3 is 1.88 bits per heavy atom. The van der Waals surface area contributed by atoms with Gasteiger partial charge >= 0.3 is 0 Å². The molecule has 6 heteroatoms. The molecule has 1 heterocycles. The van der Waals surface area contributed by atoms with Crippen LogP contribution in [0.5, 0.6) is 11.8 Å². The van der Waals surface area contributed by atoms with E-state index in [9.17, 15) is 0 Å². The fourth-order valence-electron chi connectivity index (χ4n) is 2.59. The molecule has 0 bridgehead atoms. The first kappa shape index (κ1) is 22.7. The molecule has 0 saturated heterocycles. The second-order valence-corrected chi connectivity index (χ2v) is 8.55. The smallest absolute Gasteiger partial charge is 0.216 e. The molecule has 1 aromatic heterocycles. The molecule has 0 aromatic carbocycles. The predicted molar refractivity (Wildman–Crippen MR) is 107 cm³/mol. The molecule has 0 saturated carbocycles. The lowest BCUT2D eigenvalue weighted by atomic mass is 10.1. The Bertz CT molecular complexity index is 478. The maximum atomic E-state index is 5.92. The van der Waals surface area contributed by atoms with Gasteiger partial charge in [0.2, 0.25) is 15.6 Å². The summed E-state index contributed by atoms with van der Waals surface area (Å²) in [5.74, 6) is 0.804. The maximum absolute atomic E-state index is 5.92. The van der Waals surface area contributed by atoms with Crippen molar-refractivity contribution in [3.63, 3.8) is 0 Å². The summed E-state index contributed by atoms with van der Waals surface area (Å²) in [5, 5.41) is 0. The highest BCUT2D eigenvalue weighted by Gasteiger charge is 2.25. The zero-order valence-electron chi connectivity index (χ0n) is 15.3. The molecule has 25 heavy (non-hydrogen) atoms. The van der Waals surface area contributed by atoms with E-state index in [1.807, 2.05) is 0 Å². The summed E-state index contributed by atoms with van der Waals surface area (Å²) in [6.45, 7) is 2.86. The van der Waals surface area contributed by atoms with Crippen LogP contribution in [0.3, 0.4) is 0 Å². The van der Waals surface area contributed by atoms with Crippen molar-refractivity contribution >= 4 is 34.8 Å². The first-order chi connectivity index (χ1) is 12.0. The fraction of sp³-hybridized carbons (Fsp3) is 0.737. The molecular weight excluding hydrogens is 381 g/mol. The molecule has 0 spiro atoms. The van der Waals surface area contributed by atoms with Gasteiger partial charge in [0.05, 0.1) is 13.7 Å². The van der Waals surface area contributed by atoms with Gasteiger partial charge in [-0.15, -0.1) is 0 Å². The Kier molecular flexibility index (Phi) is 11.7. The van der Waals surface area contributed by atoms with Crippen molar-refractivity contribution in [3.05, 3.63) is 17.7 Å². The monoisotopic (exact) mass is 409 g/mol. The van der Waals surface area contributed by atoms with E-state index < -0.39 is 3.79 Å². The predicted octanol–water partition coefficient (Wildman–Crippen LogP) is 7.22. The van der Waals surface area contributed by atoms with Gasteiger partial charge in [-0.1, -0.05) is 99.5 Å². The number of unbranched alkanes of at least 4 members (excludes halogenated alkanes) is 9. The number of alkyl halides is 3. The number of rotatable bonds is 13. The number of hydrogen-bond acceptors (Lipinski definition) is 3. The fourth-order valence-corrected chi connectivity index (χ4v) is 2.92. The molecular formula is C19H30Cl3NO2. The van der Waals surface area contributed by atoms with Gasteiger partial charge in [-0.05, 0) is 6.42 Å². The number of nitrogens with zero attached hydrogens (tertiary/aromatic N) is 1. The number of methoxy groups -OCH3 is 1.